The van der Waals surface area contributed by atoms with E-state index in [1.807, 2.05) is 0 Å². The molecule has 0 bridgehead atoms. The quantitative estimate of drug-likeness (QED) is 0.835. The van der Waals surface area contributed by atoms with Crippen molar-refractivity contribution in [1.29, 1.82) is 0 Å². The van der Waals surface area contributed by atoms with Gasteiger partial charge < -0.3 is 15.8 Å². The maximum Gasteiger partial charge on any atom is 0.387 e. The molecule has 1 aliphatic rings. The van der Waals surface area contributed by atoms with Crippen molar-refractivity contribution in [3.8, 4) is 5.75 Å². The minimum atomic E-state index is -2.78. The average Bonchev–Trinajstić information content (AvgIpc) is 2.89. The number of rotatable bonds is 6. The van der Waals surface area contributed by atoms with Crippen molar-refractivity contribution in [2.45, 2.75) is 44.4 Å². The summed E-state index contributed by atoms with van der Waals surface area (Å²) < 4.78 is 28.5. The molecule has 1 fully saturated rings. The molecular weight excluding hydrogens is 250 g/mol. The van der Waals surface area contributed by atoms with Crippen LogP contribution in [0.5, 0.6) is 5.75 Å². The van der Waals surface area contributed by atoms with Crippen molar-refractivity contribution in [2.75, 3.05) is 6.54 Å². The van der Waals surface area contributed by atoms with Crippen LogP contribution in [-0.4, -0.2) is 19.2 Å². The van der Waals surface area contributed by atoms with E-state index >= 15 is 0 Å². The molecule has 1 saturated carbocycles. The summed E-state index contributed by atoms with van der Waals surface area (Å²) in [6.07, 6.45) is 4.89. The molecule has 2 rings (SSSR count). The lowest BCUT2D eigenvalue weighted by atomic mass is 10.1. The highest BCUT2D eigenvalue weighted by Gasteiger charge is 2.19. The summed E-state index contributed by atoms with van der Waals surface area (Å²) in [5.41, 5.74) is 6.80. The topological polar surface area (TPSA) is 47.3 Å². The Hall–Kier alpha value is -1.20. The van der Waals surface area contributed by atoms with E-state index < -0.39 is 6.61 Å². The molecule has 0 amide bonds. The summed E-state index contributed by atoms with van der Waals surface area (Å²) >= 11 is 0. The number of hydrogen-bond acceptors (Lipinski definition) is 3. The van der Waals surface area contributed by atoms with Crippen LogP contribution < -0.4 is 15.8 Å². The van der Waals surface area contributed by atoms with E-state index in [9.17, 15) is 8.78 Å². The molecule has 0 saturated heterocycles. The summed E-state index contributed by atoms with van der Waals surface area (Å²) in [4.78, 5) is 0. The molecule has 5 heteroatoms. The molecule has 1 aromatic carbocycles. The molecule has 0 aliphatic heterocycles. The Balaban J connectivity index is 1.97. The second-order valence-electron chi connectivity index (χ2n) is 4.88. The van der Waals surface area contributed by atoms with Crippen molar-refractivity contribution >= 4 is 0 Å². The zero-order valence-corrected chi connectivity index (χ0v) is 10.8. The van der Waals surface area contributed by atoms with Gasteiger partial charge in [-0.1, -0.05) is 25.0 Å². The number of nitrogens with one attached hydrogen (secondary N) is 1. The fourth-order valence-corrected chi connectivity index (χ4v) is 2.56. The third kappa shape index (κ3) is 4.14. The standard InChI is InChI=1S/C14H20F2N2O/c15-14(16)19-12-7-5-10(6-8-12)13(9-17)18-11-3-1-2-4-11/h5-8,11,13-14,18H,1-4,9,17H2. The maximum atomic E-state index is 12.1. The van der Waals surface area contributed by atoms with Gasteiger partial charge in [0.05, 0.1) is 0 Å². The average molecular weight is 270 g/mol. The molecule has 0 spiro atoms. The number of hydrogen-bond donors (Lipinski definition) is 2. The molecule has 1 aromatic rings. The second kappa shape index (κ2) is 6.82. The highest BCUT2D eigenvalue weighted by Crippen LogP contribution is 2.23. The molecule has 1 aliphatic carbocycles. The number of halogens is 2. The van der Waals surface area contributed by atoms with Gasteiger partial charge in [-0.25, -0.2) is 0 Å². The zero-order valence-electron chi connectivity index (χ0n) is 10.8. The normalized spacial score (nSPS) is 17.9. The van der Waals surface area contributed by atoms with Crippen LogP contribution >= 0.6 is 0 Å². The van der Waals surface area contributed by atoms with E-state index in [2.05, 4.69) is 10.1 Å². The molecule has 0 aromatic heterocycles. The molecular formula is C14H20F2N2O. The van der Waals surface area contributed by atoms with E-state index in [-0.39, 0.29) is 11.8 Å². The Morgan fingerprint density at radius 2 is 1.84 bits per heavy atom. The third-order valence-corrected chi connectivity index (χ3v) is 3.54. The summed E-state index contributed by atoms with van der Waals surface area (Å²) in [5, 5.41) is 3.53. The lowest BCUT2D eigenvalue weighted by molar-refractivity contribution is -0.0498. The van der Waals surface area contributed by atoms with Gasteiger partial charge >= 0.3 is 6.61 Å². The van der Waals surface area contributed by atoms with Crippen molar-refractivity contribution < 1.29 is 13.5 Å². The Kier molecular flexibility index (Phi) is 5.10. The number of ether oxygens (including phenoxy) is 1. The number of benzene rings is 1. The van der Waals surface area contributed by atoms with Crippen LogP contribution in [0.15, 0.2) is 24.3 Å². The van der Waals surface area contributed by atoms with E-state index in [0.29, 0.717) is 12.6 Å². The third-order valence-electron chi connectivity index (χ3n) is 3.54. The first kappa shape index (κ1) is 14.2. The molecule has 0 heterocycles. The fraction of sp³-hybridized carbons (Fsp3) is 0.571. The van der Waals surface area contributed by atoms with Crippen LogP contribution in [0.2, 0.25) is 0 Å². The molecule has 3 nitrogen and oxygen atoms in total. The number of alkyl halides is 2. The van der Waals surface area contributed by atoms with Crippen LogP contribution in [0.25, 0.3) is 0 Å². The predicted octanol–water partition coefficient (Wildman–Crippen LogP) is 2.82. The van der Waals surface area contributed by atoms with Gasteiger partial charge in [0, 0.05) is 18.6 Å². The first-order valence-electron chi connectivity index (χ1n) is 6.70. The first-order valence-corrected chi connectivity index (χ1v) is 6.70. The molecule has 0 radical (unpaired) electrons. The van der Waals surface area contributed by atoms with Gasteiger partial charge in [0.2, 0.25) is 0 Å². The summed E-state index contributed by atoms with van der Waals surface area (Å²) in [7, 11) is 0. The monoisotopic (exact) mass is 270 g/mol. The van der Waals surface area contributed by atoms with Gasteiger partial charge in [0.1, 0.15) is 5.75 Å². The summed E-state index contributed by atoms with van der Waals surface area (Å²) in [5.74, 6) is 0.176. The second-order valence-corrected chi connectivity index (χ2v) is 4.88. The SMILES string of the molecule is NCC(NC1CCCC1)c1ccc(OC(F)F)cc1. The molecule has 3 N–H and O–H groups in total. The van der Waals surface area contributed by atoms with Crippen LogP contribution in [0.3, 0.4) is 0 Å². The highest BCUT2D eigenvalue weighted by atomic mass is 19.3. The Morgan fingerprint density at radius 1 is 1.21 bits per heavy atom. The number of nitrogens with two attached hydrogens (primary N) is 1. The van der Waals surface area contributed by atoms with Crippen molar-refractivity contribution in [3.05, 3.63) is 29.8 Å². The Bertz CT molecular complexity index is 378. The van der Waals surface area contributed by atoms with E-state index in [1.165, 1.54) is 25.7 Å². The van der Waals surface area contributed by atoms with Crippen LogP contribution in [0, 0.1) is 0 Å². The smallest absolute Gasteiger partial charge is 0.387 e. The lowest BCUT2D eigenvalue weighted by Gasteiger charge is -2.22. The van der Waals surface area contributed by atoms with Crippen molar-refractivity contribution in [1.82, 2.24) is 5.32 Å². The highest BCUT2D eigenvalue weighted by molar-refractivity contribution is 5.29. The van der Waals surface area contributed by atoms with Gasteiger partial charge in [-0.3, -0.25) is 0 Å². The van der Waals surface area contributed by atoms with Gasteiger partial charge in [0.15, 0.2) is 0 Å². The van der Waals surface area contributed by atoms with E-state index in [4.69, 9.17) is 5.73 Å². The zero-order chi connectivity index (χ0) is 13.7. The van der Waals surface area contributed by atoms with E-state index in [1.54, 1.807) is 24.3 Å². The lowest BCUT2D eigenvalue weighted by Crippen LogP contribution is -2.35. The van der Waals surface area contributed by atoms with Crippen LogP contribution in [-0.2, 0) is 0 Å². The van der Waals surface area contributed by atoms with Crippen molar-refractivity contribution in [2.24, 2.45) is 5.73 Å². The first-order chi connectivity index (χ1) is 9.19. The van der Waals surface area contributed by atoms with Gasteiger partial charge in [-0.15, -0.1) is 0 Å². The molecule has 106 valence electrons. The predicted molar refractivity (Wildman–Crippen MR) is 70.3 cm³/mol. The minimum absolute atomic E-state index is 0.0729. The Labute approximate surface area is 112 Å². The minimum Gasteiger partial charge on any atom is -0.435 e. The summed E-state index contributed by atoms with van der Waals surface area (Å²) in [6.45, 7) is -2.29. The maximum absolute atomic E-state index is 12.1. The van der Waals surface area contributed by atoms with Crippen LogP contribution in [0.4, 0.5) is 8.78 Å². The van der Waals surface area contributed by atoms with Gasteiger partial charge in [0.25, 0.3) is 0 Å². The summed E-state index contributed by atoms with van der Waals surface area (Å²) in [6, 6.07) is 7.28. The largest absolute Gasteiger partial charge is 0.435 e. The van der Waals surface area contributed by atoms with Gasteiger partial charge in [-0.2, -0.15) is 8.78 Å². The van der Waals surface area contributed by atoms with Crippen LogP contribution in [0.1, 0.15) is 37.3 Å². The molecule has 1 atom stereocenters. The van der Waals surface area contributed by atoms with Gasteiger partial charge in [-0.05, 0) is 30.5 Å². The molecule has 1 unspecified atom stereocenters. The Morgan fingerprint density at radius 3 is 2.37 bits per heavy atom. The van der Waals surface area contributed by atoms with E-state index in [0.717, 1.165) is 5.56 Å². The molecule has 19 heavy (non-hydrogen) atoms. The van der Waals surface area contributed by atoms with Crippen molar-refractivity contribution in [3.63, 3.8) is 0 Å². The fourth-order valence-electron chi connectivity index (χ4n) is 2.56.